The van der Waals surface area contributed by atoms with E-state index in [1.54, 1.807) is 0 Å². The summed E-state index contributed by atoms with van der Waals surface area (Å²) in [6, 6.07) is 0. The van der Waals surface area contributed by atoms with Crippen LogP contribution in [0.25, 0.3) is 0 Å². The van der Waals surface area contributed by atoms with E-state index < -0.39 is 11.5 Å². The molecular formula is C9H15F2NO. The van der Waals surface area contributed by atoms with Crippen LogP contribution >= 0.6 is 0 Å². The Kier molecular flexibility index (Phi) is 2.28. The first-order chi connectivity index (χ1) is 6.16. The van der Waals surface area contributed by atoms with E-state index in [4.69, 9.17) is 4.74 Å². The van der Waals surface area contributed by atoms with Crippen LogP contribution in [0.1, 0.15) is 25.7 Å². The number of piperidine rings is 1. The second-order valence-corrected chi connectivity index (χ2v) is 3.90. The Balaban J connectivity index is 2.16. The van der Waals surface area contributed by atoms with Crippen molar-refractivity contribution in [3.05, 3.63) is 0 Å². The number of nitrogens with one attached hydrogen (secondary N) is 1. The Bertz CT molecular complexity index is 182. The fourth-order valence-corrected chi connectivity index (χ4v) is 2.24. The summed E-state index contributed by atoms with van der Waals surface area (Å²) in [5.74, 6) is -2.62. The molecule has 0 atom stereocenters. The van der Waals surface area contributed by atoms with Crippen LogP contribution in [0.4, 0.5) is 8.78 Å². The van der Waals surface area contributed by atoms with E-state index in [-0.39, 0.29) is 6.42 Å². The van der Waals surface area contributed by atoms with Gasteiger partial charge in [0.1, 0.15) is 5.60 Å². The van der Waals surface area contributed by atoms with Crippen LogP contribution in [-0.2, 0) is 4.74 Å². The molecule has 2 nitrogen and oxygen atoms in total. The van der Waals surface area contributed by atoms with Crippen molar-refractivity contribution in [3.8, 4) is 0 Å². The van der Waals surface area contributed by atoms with E-state index >= 15 is 0 Å². The predicted molar refractivity (Wildman–Crippen MR) is 45.0 cm³/mol. The maximum absolute atomic E-state index is 13.6. The van der Waals surface area contributed by atoms with Gasteiger partial charge in [-0.15, -0.1) is 0 Å². The molecule has 4 heteroatoms. The minimum Gasteiger partial charge on any atom is -0.369 e. The topological polar surface area (TPSA) is 21.3 Å². The van der Waals surface area contributed by atoms with E-state index in [1.165, 1.54) is 0 Å². The lowest BCUT2D eigenvalue weighted by Crippen LogP contribution is -2.58. The van der Waals surface area contributed by atoms with Crippen LogP contribution in [-0.4, -0.2) is 31.2 Å². The standard InChI is InChI=1S/C9H15F2NO/c10-9(11)2-1-7-13-8(9)3-5-12-6-4-8/h12H,1-7H2. The lowest BCUT2D eigenvalue weighted by atomic mass is 9.82. The second kappa shape index (κ2) is 3.17. The molecule has 0 aromatic heterocycles. The van der Waals surface area contributed by atoms with Gasteiger partial charge in [-0.25, -0.2) is 8.78 Å². The van der Waals surface area contributed by atoms with E-state index in [9.17, 15) is 8.78 Å². The van der Waals surface area contributed by atoms with Crippen molar-refractivity contribution in [2.24, 2.45) is 0 Å². The van der Waals surface area contributed by atoms with Crippen molar-refractivity contribution in [1.82, 2.24) is 5.32 Å². The highest BCUT2D eigenvalue weighted by Crippen LogP contribution is 2.44. The Labute approximate surface area is 76.6 Å². The third-order valence-corrected chi connectivity index (χ3v) is 3.09. The minimum absolute atomic E-state index is 0.00694. The maximum Gasteiger partial charge on any atom is 0.276 e. The lowest BCUT2D eigenvalue weighted by molar-refractivity contribution is -0.247. The van der Waals surface area contributed by atoms with Crippen LogP contribution in [0.3, 0.4) is 0 Å². The highest BCUT2D eigenvalue weighted by Gasteiger charge is 2.56. The molecule has 0 aromatic carbocycles. The first-order valence-corrected chi connectivity index (χ1v) is 4.89. The molecule has 2 aliphatic heterocycles. The molecule has 0 amide bonds. The predicted octanol–water partition coefficient (Wildman–Crippen LogP) is 1.55. The normalized spacial score (nSPS) is 31.8. The van der Waals surface area contributed by atoms with Gasteiger partial charge in [-0.1, -0.05) is 0 Å². The lowest BCUT2D eigenvalue weighted by Gasteiger charge is -2.45. The van der Waals surface area contributed by atoms with Gasteiger partial charge in [0, 0.05) is 13.0 Å². The molecule has 0 aromatic rings. The summed E-state index contributed by atoms with van der Waals surface area (Å²) >= 11 is 0. The van der Waals surface area contributed by atoms with E-state index in [1.807, 2.05) is 0 Å². The van der Waals surface area contributed by atoms with Crippen molar-refractivity contribution in [2.75, 3.05) is 19.7 Å². The molecule has 2 heterocycles. The molecule has 76 valence electrons. The fraction of sp³-hybridized carbons (Fsp3) is 1.00. The molecule has 0 bridgehead atoms. The summed E-state index contributed by atoms with van der Waals surface area (Å²) in [5, 5.41) is 3.08. The average molecular weight is 191 g/mol. The highest BCUT2D eigenvalue weighted by molar-refractivity contribution is 4.99. The summed E-state index contributed by atoms with van der Waals surface area (Å²) in [7, 11) is 0. The van der Waals surface area contributed by atoms with Gasteiger partial charge in [-0.05, 0) is 32.4 Å². The van der Waals surface area contributed by atoms with Crippen molar-refractivity contribution >= 4 is 0 Å². The quantitative estimate of drug-likeness (QED) is 0.627. The summed E-state index contributed by atoms with van der Waals surface area (Å²) in [4.78, 5) is 0. The van der Waals surface area contributed by atoms with E-state index in [0.29, 0.717) is 39.0 Å². The highest BCUT2D eigenvalue weighted by atomic mass is 19.3. The van der Waals surface area contributed by atoms with Crippen molar-refractivity contribution in [1.29, 1.82) is 0 Å². The van der Waals surface area contributed by atoms with Gasteiger partial charge in [0.05, 0.1) is 0 Å². The number of hydrogen-bond donors (Lipinski definition) is 1. The maximum atomic E-state index is 13.6. The SMILES string of the molecule is FC1(F)CCCOC12CCNCC2. The number of rotatable bonds is 0. The van der Waals surface area contributed by atoms with Gasteiger partial charge >= 0.3 is 0 Å². The molecule has 0 aliphatic carbocycles. The first-order valence-electron chi connectivity index (χ1n) is 4.89. The summed E-state index contributed by atoms with van der Waals surface area (Å²) in [5.41, 5.74) is -1.14. The average Bonchev–Trinajstić information content (AvgIpc) is 2.12. The van der Waals surface area contributed by atoms with Gasteiger partial charge in [0.15, 0.2) is 0 Å². The molecule has 2 saturated heterocycles. The summed E-state index contributed by atoms with van der Waals surface area (Å²) in [6.45, 7) is 1.79. The van der Waals surface area contributed by atoms with Gasteiger partial charge in [0.2, 0.25) is 0 Å². The van der Waals surface area contributed by atoms with Gasteiger partial charge in [-0.2, -0.15) is 0 Å². The zero-order valence-corrected chi connectivity index (χ0v) is 7.61. The number of halogens is 2. The molecule has 2 aliphatic rings. The number of hydrogen-bond acceptors (Lipinski definition) is 2. The number of alkyl halides is 2. The first kappa shape index (κ1) is 9.34. The molecule has 2 rings (SSSR count). The van der Waals surface area contributed by atoms with Crippen LogP contribution in [0.2, 0.25) is 0 Å². The Hall–Kier alpha value is -0.220. The smallest absolute Gasteiger partial charge is 0.276 e. The fourth-order valence-electron chi connectivity index (χ4n) is 2.24. The van der Waals surface area contributed by atoms with Crippen LogP contribution in [0, 0.1) is 0 Å². The molecule has 13 heavy (non-hydrogen) atoms. The monoisotopic (exact) mass is 191 g/mol. The third-order valence-electron chi connectivity index (χ3n) is 3.09. The minimum atomic E-state index is -2.62. The van der Waals surface area contributed by atoms with E-state index in [2.05, 4.69) is 5.32 Å². The molecule has 0 radical (unpaired) electrons. The van der Waals surface area contributed by atoms with Gasteiger partial charge in [0.25, 0.3) is 5.92 Å². The summed E-state index contributed by atoms with van der Waals surface area (Å²) < 4.78 is 32.5. The molecule has 1 spiro atoms. The van der Waals surface area contributed by atoms with Crippen molar-refractivity contribution < 1.29 is 13.5 Å². The van der Waals surface area contributed by atoms with Crippen LogP contribution in [0.5, 0.6) is 0 Å². The van der Waals surface area contributed by atoms with Crippen LogP contribution < -0.4 is 5.32 Å². The van der Waals surface area contributed by atoms with Crippen molar-refractivity contribution in [2.45, 2.75) is 37.2 Å². The largest absolute Gasteiger partial charge is 0.369 e. The Morgan fingerprint density at radius 1 is 1.08 bits per heavy atom. The summed E-state index contributed by atoms with van der Waals surface area (Å²) in [6.07, 6.45) is 1.37. The molecule has 1 N–H and O–H groups in total. The molecule has 0 unspecified atom stereocenters. The second-order valence-electron chi connectivity index (χ2n) is 3.90. The molecule has 0 saturated carbocycles. The third kappa shape index (κ3) is 1.46. The van der Waals surface area contributed by atoms with Crippen molar-refractivity contribution in [3.63, 3.8) is 0 Å². The Morgan fingerprint density at radius 3 is 2.38 bits per heavy atom. The molecular weight excluding hydrogens is 176 g/mol. The molecule has 2 fully saturated rings. The van der Waals surface area contributed by atoms with Gasteiger partial charge < -0.3 is 10.1 Å². The number of ether oxygens (including phenoxy) is 1. The van der Waals surface area contributed by atoms with Gasteiger partial charge in [-0.3, -0.25) is 0 Å². The Morgan fingerprint density at radius 2 is 1.77 bits per heavy atom. The van der Waals surface area contributed by atoms with Crippen LogP contribution in [0.15, 0.2) is 0 Å². The zero-order chi connectivity index (χ0) is 9.36. The van der Waals surface area contributed by atoms with E-state index in [0.717, 1.165) is 0 Å². The zero-order valence-electron chi connectivity index (χ0n) is 7.61.